The van der Waals surface area contributed by atoms with Crippen LogP contribution in [0, 0.1) is 0 Å². The molecule has 2 aromatic carbocycles. The molecule has 0 spiro atoms. The number of nitrogens with zero attached hydrogens (tertiary/aromatic N) is 3. The summed E-state index contributed by atoms with van der Waals surface area (Å²) < 4.78 is 12.3. The maximum absolute atomic E-state index is 12.4. The molecule has 0 bridgehead atoms. The number of nitrogens with one attached hydrogen (secondary N) is 1. The number of ether oxygens (including phenoxy) is 2. The smallest absolute Gasteiger partial charge is 0.338 e. The lowest BCUT2D eigenvalue weighted by atomic mass is 10.2. The second kappa shape index (κ2) is 9.40. The Morgan fingerprint density at radius 3 is 2.69 bits per heavy atom. The van der Waals surface area contributed by atoms with Gasteiger partial charge < -0.3 is 14.8 Å². The van der Waals surface area contributed by atoms with E-state index in [1.54, 1.807) is 55.5 Å². The number of benzene rings is 2. The predicted molar refractivity (Wildman–Crippen MR) is 119 cm³/mol. The fourth-order valence-corrected chi connectivity index (χ4v) is 3.77. The van der Waals surface area contributed by atoms with Crippen LogP contribution in [0.5, 0.6) is 5.75 Å². The standard InChI is InChI=1S/C22H18N4O5S/c1-2-30-21(29)14-7-9-16(10-8-14)25-19(27)12-31-17-6-4-3-5-15(17)11-18-20(28)26-22(32-18)23-13-24-26/h3-11,13H,2,12H2,1H3,(H,25,27)/b18-11-. The van der Waals surface area contributed by atoms with Gasteiger partial charge in [-0.25, -0.2) is 9.78 Å². The van der Waals surface area contributed by atoms with Crippen molar-refractivity contribution in [1.29, 1.82) is 0 Å². The van der Waals surface area contributed by atoms with E-state index in [0.29, 0.717) is 38.7 Å². The van der Waals surface area contributed by atoms with Gasteiger partial charge in [0.25, 0.3) is 11.5 Å². The average Bonchev–Trinajstić information content (AvgIpc) is 3.37. The van der Waals surface area contributed by atoms with Crippen LogP contribution in [0.25, 0.3) is 11.0 Å². The first kappa shape index (κ1) is 21.2. The molecular formula is C22H18N4O5S. The van der Waals surface area contributed by atoms with Gasteiger partial charge >= 0.3 is 5.97 Å². The van der Waals surface area contributed by atoms with Crippen molar-refractivity contribution in [2.45, 2.75) is 6.92 Å². The monoisotopic (exact) mass is 450 g/mol. The van der Waals surface area contributed by atoms with Gasteiger partial charge in [0.2, 0.25) is 4.96 Å². The van der Waals surface area contributed by atoms with Gasteiger partial charge in [-0.15, -0.1) is 0 Å². The summed E-state index contributed by atoms with van der Waals surface area (Å²) in [7, 11) is 0. The molecule has 2 aromatic heterocycles. The summed E-state index contributed by atoms with van der Waals surface area (Å²) in [6, 6.07) is 13.5. The number of hydrogen-bond donors (Lipinski definition) is 1. The van der Waals surface area contributed by atoms with E-state index in [-0.39, 0.29) is 18.1 Å². The number of thiazole rings is 1. The lowest BCUT2D eigenvalue weighted by Gasteiger charge is -2.10. The summed E-state index contributed by atoms with van der Waals surface area (Å²) in [6.45, 7) is 1.79. The van der Waals surface area contributed by atoms with E-state index in [1.165, 1.54) is 22.2 Å². The Kier molecular flexibility index (Phi) is 6.22. The van der Waals surface area contributed by atoms with Crippen LogP contribution < -0.4 is 20.1 Å². The first-order chi connectivity index (χ1) is 15.5. The van der Waals surface area contributed by atoms with Gasteiger partial charge in [-0.1, -0.05) is 29.5 Å². The largest absolute Gasteiger partial charge is 0.483 e. The number of carbonyl (C=O) groups excluding carboxylic acids is 2. The molecule has 0 aliphatic heterocycles. The lowest BCUT2D eigenvalue weighted by molar-refractivity contribution is -0.118. The number of amides is 1. The van der Waals surface area contributed by atoms with Gasteiger partial charge in [-0.2, -0.15) is 9.61 Å². The van der Waals surface area contributed by atoms with E-state index < -0.39 is 5.97 Å². The Hall–Kier alpha value is -4.05. The van der Waals surface area contributed by atoms with E-state index in [9.17, 15) is 14.4 Å². The maximum atomic E-state index is 12.4. The minimum absolute atomic E-state index is 0.232. The zero-order valence-corrected chi connectivity index (χ0v) is 17.8. The predicted octanol–water partition coefficient (Wildman–Crippen LogP) is 1.89. The van der Waals surface area contributed by atoms with Crippen molar-refractivity contribution in [1.82, 2.24) is 14.6 Å². The molecule has 4 aromatic rings. The average molecular weight is 450 g/mol. The Balaban J connectivity index is 1.43. The van der Waals surface area contributed by atoms with Gasteiger partial charge in [0.1, 0.15) is 12.1 Å². The number of aromatic nitrogens is 3. The molecule has 9 nitrogen and oxygen atoms in total. The van der Waals surface area contributed by atoms with E-state index in [2.05, 4.69) is 15.4 Å². The number of rotatable bonds is 7. The Labute approximate surface area is 185 Å². The molecule has 0 saturated carbocycles. The molecule has 0 atom stereocenters. The number of para-hydroxylation sites is 1. The van der Waals surface area contributed by atoms with Crippen LogP contribution in [0.2, 0.25) is 0 Å². The summed E-state index contributed by atoms with van der Waals surface area (Å²) in [4.78, 5) is 40.9. The molecule has 4 rings (SSSR count). The molecule has 0 aliphatic carbocycles. The molecule has 0 unspecified atom stereocenters. The van der Waals surface area contributed by atoms with E-state index in [4.69, 9.17) is 9.47 Å². The summed E-state index contributed by atoms with van der Waals surface area (Å²) in [6.07, 6.45) is 3.02. The number of esters is 1. The van der Waals surface area contributed by atoms with Crippen LogP contribution in [-0.2, 0) is 9.53 Å². The minimum atomic E-state index is -0.419. The van der Waals surface area contributed by atoms with E-state index in [0.717, 1.165) is 0 Å². The van der Waals surface area contributed by atoms with Gasteiger partial charge in [-0.05, 0) is 43.3 Å². The highest BCUT2D eigenvalue weighted by atomic mass is 32.1. The van der Waals surface area contributed by atoms with Gasteiger partial charge in [0, 0.05) is 11.3 Å². The topological polar surface area (TPSA) is 112 Å². The zero-order valence-electron chi connectivity index (χ0n) is 17.0. The molecule has 0 aliphatic rings. The highest BCUT2D eigenvalue weighted by Crippen LogP contribution is 2.19. The van der Waals surface area contributed by atoms with Crippen LogP contribution in [0.15, 0.2) is 59.7 Å². The summed E-state index contributed by atoms with van der Waals surface area (Å²) in [5.74, 6) is -0.330. The summed E-state index contributed by atoms with van der Waals surface area (Å²) in [5, 5.41) is 6.61. The molecule has 10 heteroatoms. The van der Waals surface area contributed by atoms with E-state index in [1.807, 2.05) is 6.07 Å². The second-order valence-corrected chi connectivity index (χ2v) is 7.55. The Bertz CT molecular complexity index is 1380. The van der Waals surface area contributed by atoms with Crippen LogP contribution >= 0.6 is 11.3 Å². The first-order valence-corrected chi connectivity index (χ1v) is 10.5. The number of fused-ring (bicyclic) bond motifs is 1. The molecule has 0 saturated heterocycles. The fraction of sp³-hybridized carbons (Fsp3) is 0.136. The number of anilines is 1. The minimum Gasteiger partial charge on any atom is -0.483 e. The summed E-state index contributed by atoms with van der Waals surface area (Å²) in [5.41, 5.74) is 1.32. The van der Waals surface area contributed by atoms with Crippen molar-refractivity contribution in [3.8, 4) is 5.75 Å². The molecule has 162 valence electrons. The zero-order chi connectivity index (χ0) is 22.5. The molecule has 1 N–H and O–H groups in total. The molecule has 1 amide bonds. The van der Waals surface area contributed by atoms with Crippen LogP contribution in [-0.4, -0.2) is 39.7 Å². The molecule has 0 radical (unpaired) electrons. The van der Waals surface area contributed by atoms with Gasteiger partial charge in [-0.3, -0.25) is 9.59 Å². The van der Waals surface area contributed by atoms with Crippen molar-refractivity contribution >= 4 is 39.9 Å². The Morgan fingerprint density at radius 2 is 1.94 bits per heavy atom. The molecule has 0 fully saturated rings. The van der Waals surface area contributed by atoms with Crippen LogP contribution in [0.1, 0.15) is 22.8 Å². The second-order valence-electron chi connectivity index (χ2n) is 6.54. The first-order valence-electron chi connectivity index (χ1n) is 9.68. The third-order valence-electron chi connectivity index (χ3n) is 4.37. The maximum Gasteiger partial charge on any atom is 0.338 e. The van der Waals surface area contributed by atoms with Gasteiger partial charge in [0.05, 0.1) is 16.7 Å². The highest BCUT2D eigenvalue weighted by Gasteiger charge is 2.10. The molecule has 32 heavy (non-hydrogen) atoms. The highest BCUT2D eigenvalue weighted by molar-refractivity contribution is 7.15. The fourth-order valence-electron chi connectivity index (χ4n) is 2.89. The van der Waals surface area contributed by atoms with Crippen molar-refractivity contribution in [3.05, 3.63) is 80.9 Å². The number of hydrogen-bond acceptors (Lipinski definition) is 8. The van der Waals surface area contributed by atoms with Crippen molar-refractivity contribution in [2.24, 2.45) is 0 Å². The van der Waals surface area contributed by atoms with Crippen molar-refractivity contribution in [3.63, 3.8) is 0 Å². The van der Waals surface area contributed by atoms with Crippen LogP contribution in [0.3, 0.4) is 0 Å². The molecular weight excluding hydrogens is 432 g/mol. The quantitative estimate of drug-likeness (QED) is 0.428. The summed E-state index contributed by atoms with van der Waals surface area (Å²) >= 11 is 1.22. The van der Waals surface area contributed by atoms with E-state index >= 15 is 0 Å². The molecule has 2 heterocycles. The van der Waals surface area contributed by atoms with Crippen molar-refractivity contribution < 1.29 is 19.1 Å². The Morgan fingerprint density at radius 1 is 1.16 bits per heavy atom. The third kappa shape index (κ3) is 4.65. The van der Waals surface area contributed by atoms with Crippen molar-refractivity contribution in [2.75, 3.05) is 18.5 Å². The lowest BCUT2D eigenvalue weighted by Crippen LogP contribution is -2.23. The van der Waals surface area contributed by atoms with Gasteiger partial charge in [0.15, 0.2) is 6.61 Å². The number of carbonyl (C=O) groups is 2. The SMILES string of the molecule is CCOC(=O)c1ccc(NC(=O)COc2ccccc2/C=c2\sc3ncnn3c2=O)cc1. The third-order valence-corrected chi connectivity index (χ3v) is 5.34. The van der Waals surface area contributed by atoms with Crippen LogP contribution in [0.4, 0.5) is 5.69 Å². The normalized spacial score (nSPS) is 11.5.